The maximum absolute atomic E-state index is 4.35. The number of hydrogen-bond donors (Lipinski definition) is 1. The van der Waals surface area contributed by atoms with Gasteiger partial charge in [0, 0.05) is 31.4 Å². The van der Waals surface area contributed by atoms with Crippen molar-refractivity contribution >= 4 is 0 Å². The first-order chi connectivity index (χ1) is 8.79. The molecule has 1 aliphatic heterocycles. The van der Waals surface area contributed by atoms with Crippen LogP contribution in [0.4, 0.5) is 0 Å². The molecule has 100 valence electrons. The van der Waals surface area contributed by atoms with Gasteiger partial charge in [-0.3, -0.25) is 9.58 Å². The minimum Gasteiger partial charge on any atom is -0.310 e. The van der Waals surface area contributed by atoms with Gasteiger partial charge < -0.3 is 5.32 Å². The minimum atomic E-state index is 0.727. The van der Waals surface area contributed by atoms with Gasteiger partial charge in [0.15, 0.2) is 0 Å². The van der Waals surface area contributed by atoms with Crippen LogP contribution in [0, 0.1) is 6.92 Å². The zero-order valence-corrected chi connectivity index (χ0v) is 11.3. The van der Waals surface area contributed by atoms with Gasteiger partial charge in [-0.05, 0) is 44.7 Å². The topological polar surface area (TPSA) is 33.1 Å². The van der Waals surface area contributed by atoms with E-state index < -0.39 is 0 Å². The fraction of sp³-hybridized carbons (Fsp3) is 0.786. The minimum absolute atomic E-state index is 0.727. The summed E-state index contributed by atoms with van der Waals surface area (Å²) in [5.74, 6) is 0. The third-order valence-corrected chi connectivity index (χ3v) is 3.96. The molecule has 4 nitrogen and oxygen atoms in total. The molecule has 0 amide bonds. The van der Waals surface area contributed by atoms with E-state index in [-0.39, 0.29) is 0 Å². The Morgan fingerprint density at radius 3 is 2.89 bits per heavy atom. The first-order valence-corrected chi connectivity index (χ1v) is 7.27. The van der Waals surface area contributed by atoms with Crippen LogP contribution in [0.25, 0.3) is 0 Å². The van der Waals surface area contributed by atoms with E-state index in [9.17, 15) is 0 Å². The van der Waals surface area contributed by atoms with Gasteiger partial charge in [-0.15, -0.1) is 0 Å². The molecule has 1 N–H and O–H groups in total. The summed E-state index contributed by atoms with van der Waals surface area (Å²) in [6, 6.07) is 1.56. The molecule has 2 heterocycles. The van der Waals surface area contributed by atoms with Gasteiger partial charge in [0.2, 0.25) is 0 Å². The van der Waals surface area contributed by atoms with Gasteiger partial charge >= 0.3 is 0 Å². The van der Waals surface area contributed by atoms with Crippen molar-refractivity contribution in [2.24, 2.45) is 0 Å². The van der Waals surface area contributed by atoms with Crippen molar-refractivity contribution in [1.82, 2.24) is 20.0 Å². The monoisotopic (exact) mass is 248 g/mol. The first-order valence-electron chi connectivity index (χ1n) is 7.27. The average molecular weight is 248 g/mol. The van der Waals surface area contributed by atoms with Crippen molar-refractivity contribution in [3.05, 3.63) is 18.0 Å². The van der Waals surface area contributed by atoms with E-state index in [1.165, 1.54) is 44.3 Å². The van der Waals surface area contributed by atoms with E-state index >= 15 is 0 Å². The van der Waals surface area contributed by atoms with Crippen LogP contribution in [0.15, 0.2) is 12.4 Å². The zero-order valence-electron chi connectivity index (χ0n) is 11.3. The summed E-state index contributed by atoms with van der Waals surface area (Å²) in [5.41, 5.74) is 1.25. The molecule has 0 aromatic carbocycles. The van der Waals surface area contributed by atoms with Crippen LogP contribution in [0.3, 0.4) is 0 Å². The lowest BCUT2D eigenvalue weighted by Crippen LogP contribution is -2.47. The average Bonchev–Trinajstić information content (AvgIpc) is 3.08. The van der Waals surface area contributed by atoms with Crippen molar-refractivity contribution < 1.29 is 0 Å². The first kappa shape index (κ1) is 12.2. The lowest BCUT2D eigenvalue weighted by molar-refractivity contribution is 0.182. The largest absolute Gasteiger partial charge is 0.310 e. The second kappa shape index (κ2) is 5.41. The Balaban J connectivity index is 1.43. The summed E-state index contributed by atoms with van der Waals surface area (Å²) in [6.07, 6.45) is 9.54. The summed E-state index contributed by atoms with van der Waals surface area (Å²) in [5, 5.41) is 8.11. The van der Waals surface area contributed by atoms with Gasteiger partial charge in [0.25, 0.3) is 0 Å². The van der Waals surface area contributed by atoms with E-state index in [0.29, 0.717) is 0 Å². The predicted octanol–water partition coefficient (Wildman–Crippen LogP) is 1.41. The molecule has 3 rings (SSSR count). The van der Waals surface area contributed by atoms with Crippen molar-refractivity contribution in [2.45, 2.75) is 51.2 Å². The predicted molar refractivity (Wildman–Crippen MR) is 72.6 cm³/mol. The highest BCUT2D eigenvalue weighted by Crippen LogP contribution is 2.21. The molecule has 0 bridgehead atoms. The number of aromatic nitrogens is 2. The van der Waals surface area contributed by atoms with Gasteiger partial charge in [-0.25, -0.2) is 0 Å². The molecular weight excluding hydrogens is 224 g/mol. The Labute approximate surface area is 109 Å². The maximum atomic E-state index is 4.35. The normalized spacial score (nSPS) is 25.5. The van der Waals surface area contributed by atoms with Crippen molar-refractivity contribution in [3.8, 4) is 0 Å². The molecule has 1 unspecified atom stereocenters. The summed E-state index contributed by atoms with van der Waals surface area (Å²) in [6.45, 7) is 6.72. The molecule has 4 heteroatoms. The fourth-order valence-electron chi connectivity index (χ4n) is 2.81. The summed E-state index contributed by atoms with van der Waals surface area (Å²) < 4.78 is 2.06. The molecule has 1 aromatic heterocycles. The third kappa shape index (κ3) is 3.33. The van der Waals surface area contributed by atoms with Crippen LogP contribution < -0.4 is 5.32 Å². The van der Waals surface area contributed by atoms with Crippen LogP contribution in [0.2, 0.25) is 0 Å². The molecule has 1 saturated heterocycles. The molecule has 1 aliphatic carbocycles. The highest BCUT2D eigenvalue weighted by Gasteiger charge is 2.27. The molecule has 18 heavy (non-hydrogen) atoms. The second-order valence-corrected chi connectivity index (χ2v) is 5.86. The second-order valence-electron chi connectivity index (χ2n) is 5.86. The molecular formula is C14H24N4. The number of likely N-dealkylation sites (tertiary alicyclic amines) is 1. The number of aryl methyl sites for hydroxylation is 1. The van der Waals surface area contributed by atoms with Crippen LogP contribution in [-0.2, 0) is 6.54 Å². The van der Waals surface area contributed by atoms with Gasteiger partial charge in [-0.1, -0.05) is 0 Å². The molecule has 2 aliphatic rings. The van der Waals surface area contributed by atoms with E-state index in [2.05, 4.69) is 33.1 Å². The molecule has 1 atom stereocenters. The Bertz CT molecular complexity index is 383. The number of rotatable bonds is 5. The Morgan fingerprint density at radius 2 is 2.17 bits per heavy atom. The Hall–Kier alpha value is -0.870. The van der Waals surface area contributed by atoms with Gasteiger partial charge in [0.05, 0.1) is 12.7 Å². The van der Waals surface area contributed by atoms with Crippen molar-refractivity contribution in [3.63, 3.8) is 0 Å². The van der Waals surface area contributed by atoms with E-state index in [4.69, 9.17) is 0 Å². The van der Waals surface area contributed by atoms with Gasteiger partial charge in [0.1, 0.15) is 0 Å². The smallest absolute Gasteiger partial charge is 0.0536 e. The zero-order chi connectivity index (χ0) is 12.4. The molecule has 0 radical (unpaired) electrons. The highest BCUT2D eigenvalue weighted by molar-refractivity contribution is 4.99. The van der Waals surface area contributed by atoms with E-state index in [1.54, 1.807) is 0 Å². The number of nitrogens with one attached hydrogen (secondary N) is 1. The Morgan fingerprint density at radius 1 is 1.28 bits per heavy atom. The van der Waals surface area contributed by atoms with E-state index in [0.717, 1.165) is 25.2 Å². The SMILES string of the molecule is Cc1cnn(CCN2CCCC(NC3CC3)C2)c1. The lowest BCUT2D eigenvalue weighted by Gasteiger charge is -2.33. The number of nitrogens with zero attached hydrogens (tertiary/aromatic N) is 3. The number of piperidine rings is 1. The fourth-order valence-corrected chi connectivity index (χ4v) is 2.81. The van der Waals surface area contributed by atoms with Crippen LogP contribution in [0.5, 0.6) is 0 Å². The Kier molecular flexibility index (Phi) is 3.66. The van der Waals surface area contributed by atoms with Crippen LogP contribution in [-0.4, -0.2) is 46.4 Å². The standard InChI is InChI=1S/C14H24N4/c1-12-9-15-18(10-12)8-7-17-6-2-3-14(11-17)16-13-4-5-13/h9-10,13-14,16H,2-8,11H2,1H3. The van der Waals surface area contributed by atoms with Crippen LogP contribution in [0.1, 0.15) is 31.2 Å². The van der Waals surface area contributed by atoms with Crippen molar-refractivity contribution in [2.75, 3.05) is 19.6 Å². The van der Waals surface area contributed by atoms with Crippen molar-refractivity contribution in [1.29, 1.82) is 0 Å². The molecule has 2 fully saturated rings. The molecule has 1 saturated carbocycles. The summed E-state index contributed by atoms with van der Waals surface area (Å²) in [7, 11) is 0. The summed E-state index contributed by atoms with van der Waals surface area (Å²) in [4.78, 5) is 2.58. The van der Waals surface area contributed by atoms with Gasteiger partial charge in [-0.2, -0.15) is 5.10 Å². The van der Waals surface area contributed by atoms with E-state index in [1.807, 2.05) is 6.20 Å². The summed E-state index contributed by atoms with van der Waals surface area (Å²) >= 11 is 0. The molecule has 1 aromatic rings. The lowest BCUT2D eigenvalue weighted by atomic mass is 10.1. The number of hydrogen-bond acceptors (Lipinski definition) is 3. The molecule has 0 spiro atoms. The quantitative estimate of drug-likeness (QED) is 0.855. The maximum Gasteiger partial charge on any atom is 0.0536 e. The highest BCUT2D eigenvalue weighted by atomic mass is 15.3. The van der Waals surface area contributed by atoms with Crippen LogP contribution >= 0.6 is 0 Å². The third-order valence-electron chi connectivity index (χ3n) is 3.96.